The fourth-order valence-electron chi connectivity index (χ4n) is 1.60. The maximum atomic E-state index is 5.68. The predicted molar refractivity (Wildman–Crippen MR) is 73.4 cm³/mol. The van der Waals surface area contributed by atoms with Crippen molar-refractivity contribution in [3.05, 3.63) is 45.5 Å². The van der Waals surface area contributed by atoms with E-state index in [2.05, 4.69) is 13.0 Å². The minimum Gasteiger partial charge on any atom is -0.0856 e. The highest BCUT2D eigenvalue weighted by Gasteiger charge is 1.95. The van der Waals surface area contributed by atoms with Crippen molar-refractivity contribution >= 4 is 23.2 Å². The molecule has 2 rings (SSSR count). The van der Waals surface area contributed by atoms with Crippen LogP contribution in [0.1, 0.15) is 38.2 Å². The third-order valence-corrected chi connectivity index (χ3v) is 3.33. The highest BCUT2D eigenvalue weighted by Crippen LogP contribution is 2.21. The number of aryl methyl sites for hydroxylation is 1. The lowest BCUT2D eigenvalue weighted by Crippen LogP contribution is -1.85. The molecule has 0 saturated carbocycles. The number of hydrogen-bond acceptors (Lipinski definition) is 0. The van der Waals surface area contributed by atoms with Crippen LogP contribution in [-0.2, 0) is 0 Å². The first-order valence-corrected chi connectivity index (χ1v) is 6.42. The smallest absolute Gasteiger partial charge is 0.0594 e. The monoisotopic (exact) mass is 256 g/mol. The minimum absolute atomic E-state index is 0.613. The summed E-state index contributed by atoms with van der Waals surface area (Å²) in [6.07, 6.45) is 7.86. The number of benzene rings is 1. The molecule has 1 aliphatic carbocycles. The molecule has 0 unspecified atom stereocenters. The summed E-state index contributed by atoms with van der Waals surface area (Å²) in [6, 6.07) is 5.55. The van der Waals surface area contributed by atoms with Gasteiger partial charge in [-0.25, -0.2) is 0 Å². The molecule has 0 saturated heterocycles. The van der Waals surface area contributed by atoms with E-state index in [1.165, 1.54) is 25.7 Å². The van der Waals surface area contributed by atoms with E-state index in [1.54, 1.807) is 11.6 Å². The highest BCUT2D eigenvalue weighted by molar-refractivity contribution is 6.41. The molecule has 0 heterocycles. The quantitative estimate of drug-likeness (QED) is 0.514. The van der Waals surface area contributed by atoms with Crippen molar-refractivity contribution in [1.29, 1.82) is 0 Å². The van der Waals surface area contributed by atoms with E-state index in [-0.39, 0.29) is 0 Å². The molecular weight excluding hydrogens is 239 g/mol. The van der Waals surface area contributed by atoms with Gasteiger partial charge >= 0.3 is 0 Å². The van der Waals surface area contributed by atoms with Crippen LogP contribution in [-0.4, -0.2) is 0 Å². The van der Waals surface area contributed by atoms with E-state index < -0.39 is 0 Å². The van der Waals surface area contributed by atoms with Crippen LogP contribution in [0, 0.1) is 6.92 Å². The molecule has 0 fully saturated rings. The third-order valence-electron chi connectivity index (χ3n) is 2.59. The summed E-state index contributed by atoms with van der Waals surface area (Å²) < 4.78 is 0. The number of allylic oxidation sites excluding steroid dienone is 2. The second-order valence-electron chi connectivity index (χ2n) is 4.21. The van der Waals surface area contributed by atoms with Crippen molar-refractivity contribution in [3.8, 4) is 0 Å². The van der Waals surface area contributed by atoms with Gasteiger partial charge in [-0.05, 0) is 57.2 Å². The lowest BCUT2D eigenvalue weighted by atomic mass is 10.0. The highest BCUT2D eigenvalue weighted by atomic mass is 35.5. The van der Waals surface area contributed by atoms with Gasteiger partial charge in [0.05, 0.1) is 10.0 Å². The fraction of sp³-hybridized carbons (Fsp3) is 0.429. The number of halogens is 2. The van der Waals surface area contributed by atoms with Crippen LogP contribution in [0.25, 0.3) is 0 Å². The molecule has 1 aromatic rings. The van der Waals surface area contributed by atoms with Crippen molar-refractivity contribution < 1.29 is 0 Å². The van der Waals surface area contributed by atoms with Gasteiger partial charge in [-0.2, -0.15) is 0 Å². The van der Waals surface area contributed by atoms with Crippen molar-refractivity contribution in [1.82, 2.24) is 0 Å². The zero-order valence-corrected chi connectivity index (χ0v) is 11.4. The lowest BCUT2D eigenvalue weighted by Gasteiger charge is -2.05. The second-order valence-corrected chi connectivity index (χ2v) is 5.03. The van der Waals surface area contributed by atoms with Gasteiger partial charge in [-0.3, -0.25) is 0 Å². The van der Waals surface area contributed by atoms with E-state index in [0.717, 1.165) is 5.56 Å². The van der Waals surface area contributed by atoms with Gasteiger partial charge in [0, 0.05) is 0 Å². The first kappa shape index (κ1) is 13.6. The van der Waals surface area contributed by atoms with Crippen molar-refractivity contribution in [2.45, 2.75) is 39.5 Å². The van der Waals surface area contributed by atoms with Crippen molar-refractivity contribution in [3.63, 3.8) is 0 Å². The number of rotatable bonds is 0. The summed E-state index contributed by atoms with van der Waals surface area (Å²) in [5.74, 6) is 0. The van der Waals surface area contributed by atoms with E-state index in [4.69, 9.17) is 23.2 Å². The molecule has 1 aromatic carbocycles. The van der Waals surface area contributed by atoms with Crippen molar-refractivity contribution in [2.75, 3.05) is 0 Å². The SMILES string of the molecule is CC1=CCCCC1.Cc1ccc(Cl)c(Cl)c1. The molecule has 2 heteroatoms. The van der Waals surface area contributed by atoms with Gasteiger partial charge in [0.1, 0.15) is 0 Å². The Morgan fingerprint density at radius 1 is 1.00 bits per heavy atom. The molecule has 1 aliphatic rings. The molecule has 88 valence electrons. The standard InChI is InChI=1S/C7H6Cl2.C7H12/c1-5-2-3-6(8)7(9)4-5;1-7-5-3-2-4-6-7/h2-4H,1H3;5H,2-4,6H2,1H3. The lowest BCUT2D eigenvalue weighted by molar-refractivity contribution is 0.702. The third kappa shape index (κ3) is 5.05. The molecule has 0 amide bonds. The molecule has 16 heavy (non-hydrogen) atoms. The number of hydrogen-bond donors (Lipinski definition) is 0. The summed E-state index contributed by atoms with van der Waals surface area (Å²) in [4.78, 5) is 0. The van der Waals surface area contributed by atoms with Gasteiger partial charge in [-0.15, -0.1) is 0 Å². The maximum absolute atomic E-state index is 5.68. The Kier molecular flexibility index (Phi) is 5.94. The van der Waals surface area contributed by atoms with Crippen LogP contribution in [0.4, 0.5) is 0 Å². The van der Waals surface area contributed by atoms with Gasteiger partial charge < -0.3 is 0 Å². The molecule has 0 bridgehead atoms. The van der Waals surface area contributed by atoms with E-state index in [1.807, 2.05) is 19.1 Å². The maximum Gasteiger partial charge on any atom is 0.0594 e. The van der Waals surface area contributed by atoms with Crippen LogP contribution < -0.4 is 0 Å². The Labute approximate surface area is 108 Å². The first-order chi connectivity index (χ1) is 7.59. The summed E-state index contributed by atoms with van der Waals surface area (Å²) in [5.41, 5.74) is 2.72. The van der Waals surface area contributed by atoms with Gasteiger partial charge in [0.2, 0.25) is 0 Å². The first-order valence-electron chi connectivity index (χ1n) is 5.67. The van der Waals surface area contributed by atoms with E-state index in [0.29, 0.717) is 10.0 Å². The average Bonchev–Trinajstić information content (AvgIpc) is 2.26. The van der Waals surface area contributed by atoms with Crippen LogP contribution in [0.5, 0.6) is 0 Å². The van der Waals surface area contributed by atoms with Gasteiger partial charge in [-0.1, -0.05) is 40.9 Å². The molecule has 0 radical (unpaired) electrons. The minimum atomic E-state index is 0.613. The zero-order chi connectivity index (χ0) is 12.0. The molecule has 0 nitrogen and oxygen atoms in total. The summed E-state index contributed by atoms with van der Waals surface area (Å²) >= 11 is 11.3. The van der Waals surface area contributed by atoms with E-state index in [9.17, 15) is 0 Å². The molecule has 0 aliphatic heterocycles. The molecular formula is C14H18Cl2. The Hall–Kier alpha value is -0.460. The second kappa shape index (κ2) is 6.98. The Morgan fingerprint density at radius 3 is 2.12 bits per heavy atom. The molecule has 0 aromatic heterocycles. The summed E-state index contributed by atoms with van der Waals surface area (Å²) in [5, 5.41) is 1.24. The summed E-state index contributed by atoms with van der Waals surface area (Å²) in [7, 11) is 0. The van der Waals surface area contributed by atoms with E-state index >= 15 is 0 Å². The van der Waals surface area contributed by atoms with Crippen LogP contribution in [0.3, 0.4) is 0 Å². The van der Waals surface area contributed by atoms with Crippen LogP contribution >= 0.6 is 23.2 Å². The normalized spacial score (nSPS) is 14.9. The van der Waals surface area contributed by atoms with Gasteiger partial charge in [0.25, 0.3) is 0 Å². The molecule has 0 spiro atoms. The topological polar surface area (TPSA) is 0 Å². The summed E-state index contributed by atoms with van der Waals surface area (Å²) in [6.45, 7) is 4.20. The largest absolute Gasteiger partial charge is 0.0856 e. The molecule has 0 atom stereocenters. The van der Waals surface area contributed by atoms with Crippen molar-refractivity contribution in [2.24, 2.45) is 0 Å². The van der Waals surface area contributed by atoms with Crippen LogP contribution in [0.15, 0.2) is 29.8 Å². The predicted octanol–water partition coefficient (Wildman–Crippen LogP) is 5.81. The Balaban J connectivity index is 0.000000165. The molecule has 0 N–H and O–H groups in total. The van der Waals surface area contributed by atoms with Crippen LogP contribution in [0.2, 0.25) is 10.0 Å². The Bertz CT molecular complexity index is 367. The zero-order valence-electron chi connectivity index (χ0n) is 9.89. The fourth-order valence-corrected chi connectivity index (χ4v) is 1.95. The average molecular weight is 257 g/mol. The van der Waals surface area contributed by atoms with Gasteiger partial charge in [0.15, 0.2) is 0 Å². The Morgan fingerprint density at radius 2 is 1.75 bits per heavy atom.